The van der Waals surface area contributed by atoms with Gasteiger partial charge in [0.2, 0.25) is 10.0 Å². The number of hydrazone groups is 1. The van der Waals surface area contributed by atoms with Gasteiger partial charge >= 0.3 is 0 Å². The van der Waals surface area contributed by atoms with Gasteiger partial charge in [-0.2, -0.15) is 9.41 Å². The highest BCUT2D eigenvalue weighted by molar-refractivity contribution is 7.89. The molecule has 8 nitrogen and oxygen atoms in total. The molecule has 1 aliphatic rings. The number of aryl methyl sites for hydroxylation is 1. The van der Waals surface area contributed by atoms with Crippen molar-refractivity contribution < 1.29 is 18.1 Å². The fourth-order valence-corrected chi connectivity index (χ4v) is 4.82. The number of quaternary nitrogens is 1. The average molecular weight is 445 g/mol. The quantitative estimate of drug-likeness (QED) is 0.469. The van der Waals surface area contributed by atoms with Crippen LogP contribution in [0.3, 0.4) is 0 Å². The number of carbonyl (C=O) groups is 1. The Morgan fingerprint density at radius 3 is 2.29 bits per heavy atom. The van der Waals surface area contributed by atoms with E-state index in [1.165, 1.54) is 4.31 Å². The zero-order valence-electron chi connectivity index (χ0n) is 18.2. The Bertz CT molecular complexity index is 1010. The van der Waals surface area contributed by atoms with Gasteiger partial charge in [-0.3, -0.25) is 4.79 Å². The summed E-state index contributed by atoms with van der Waals surface area (Å²) < 4.78 is 27.0. The van der Waals surface area contributed by atoms with Crippen LogP contribution in [0.5, 0.6) is 0 Å². The fraction of sp³-hybridized carbons (Fsp3) is 0.364. The maximum absolute atomic E-state index is 12.8. The summed E-state index contributed by atoms with van der Waals surface area (Å²) in [6.45, 7) is 4.12. The molecule has 2 aromatic rings. The molecule has 166 valence electrons. The van der Waals surface area contributed by atoms with Gasteiger partial charge in [-0.05, 0) is 36.8 Å². The second kappa shape index (κ2) is 10.0. The van der Waals surface area contributed by atoms with Gasteiger partial charge in [-0.1, -0.05) is 29.8 Å². The monoisotopic (exact) mass is 444 g/mol. The number of hydrogen-bond donors (Lipinski definition) is 2. The van der Waals surface area contributed by atoms with Crippen molar-refractivity contribution in [2.45, 2.75) is 11.8 Å². The van der Waals surface area contributed by atoms with E-state index in [2.05, 4.69) is 10.5 Å². The van der Waals surface area contributed by atoms with E-state index in [-0.39, 0.29) is 12.5 Å². The summed E-state index contributed by atoms with van der Waals surface area (Å²) in [5, 5.41) is 4.02. The van der Waals surface area contributed by atoms with Crippen LogP contribution in [0.1, 0.15) is 11.1 Å². The molecule has 0 aromatic heterocycles. The molecule has 0 aliphatic carbocycles. The van der Waals surface area contributed by atoms with Crippen molar-refractivity contribution >= 4 is 27.8 Å². The van der Waals surface area contributed by atoms with Gasteiger partial charge in [0.05, 0.1) is 37.3 Å². The Labute approximate surface area is 184 Å². The van der Waals surface area contributed by atoms with E-state index in [9.17, 15) is 13.2 Å². The van der Waals surface area contributed by atoms with E-state index in [0.29, 0.717) is 31.1 Å². The maximum atomic E-state index is 12.8. The number of piperazine rings is 1. The van der Waals surface area contributed by atoms with Gasteiger partial charge in [0.25, 0.3) is 5.91 Å². The van der Waals surface area contributed by atoms with Crippen molar-refractivity contribution in [2.75, 3.05) is 51.7 Å². The second-order valence-corrected chi connectivity index (χ2v) is 9.86. The van der Waals surface area contributed by atoms with Crippen molar-refractivity contribution in [3.8, 4) is 0 Å². The van der Waals surface area contributed by atoms with Crippen molar-refractivity contribution in [2.24, 2.45) is 5.10 Å². The Morgan fingerprint density at radius 1 is 1.10 bits per heavy atom. The lowest BCUT2D eigenvalue weighted by Gasteiger charge is -2.31. The molecular weight excluding hydrogens is 414 g/mol. The Balaban J connectivity index is 1.46. The van der Waals surface area contributed by atoms with Crippen LogP contribution in [0.4, 0.5) is 5.69 Å². The summed E-state index contributed by atoms with van der Waals surface area (Å²) in [4.78, 5) is 15.6. The molecule has 0 unspecified atom stereocenters. The molecule has 31 heavy (non-hydrogen) atoms. The molecule has 3 rings (SSSR count). The van der Waals surface area contributed by atoms with E-state index in [0.717, 1.165) is 21.7 Å². The van der Waals surface area contributed by atoms with Crippen molar-refractivity contribution in [3.63, 3.8) is 0 Å². The third-order valence-electron chi connectivity index (χ3n) is 5.31. The zero-order chi connectivity index (χ0) is 22.4. The molecule has 0 spiro atoms. The molecule has 2 aromatic carbocycles. The number of hydrogen-bond acceptors (Lipinski definition) is 5. The molecule has 0 bridgehead atoms. The van der Waals surface area contributed by atoms with Crippen LogP contribution < -0.4 is 15.2 Å². The summed E-state index contributed by atoms with van der Waals surface area (Å²) in [6, 6.07) is 14.7. The lowest BCUT2D eigenvalue weighted by atomic mass is 10.2. The molecule has 1 fully saturated rings. The predicted molar refractivity (Wildman–Crippen MR) is 122 cm³/mol. The highest BCUT2D eigenvalue weighted by Crippen LogP contribution is 2.16. The molecule has 1 aliphatic heterocycles. The molecule has 1 heterocycles. The van der Waals surface area contributed by atoms with E-state index in [4.69, 9.17) is 0 Å². The molecule has 1 amide bonds. The van der Waals surface area contributed by atoms with Crippen molar-refractivity contribution in [1.29, 1.82) is 0 Å². The summed E-state index contributed by atoms with van der Waals surface area (Å²) in [6.07, 6.45) is 1.61. The lowest BCUT2D eigenvalue weighted by molar-refractivity contribution is -0.895. The number of sulfonamides is 1. The summed E-state index contributed by atoms with van der Waals surface area (Å²) in [5.41, 5.74) is 5.56. The second-order valence-electron chi connectivity index (χ2n) is 7.92. The Hall–Kier alpha value is -2.75. The summed E-state index contributed by atoms with van der Waals surface area (Å²) in [5.74, 6) is -0.189. The summed E-state index contributed by atoms with van der Waals surface area (Å²) >= 11 is 0. The lowest BCUT2D eigenvalue weighted by Crippen LogP contribution is -3.15. The summed E-state index contributed by atoms with van der Waals surface area (Å²) in [7, 11) is 0.460. The molecule has 9 heteroatoms. The SMILES string of the molecule is Cc1ccc(S(=O)(=O)N2CC[NH+](CC(=O)NN=Cc3ccc(N(C)C)cc3)CC2)cc1. The number of amides is 1. The van der Waals surface area contributed by atoms with Gasteiger partial charge in [-0.25, -0.2) is 13.8 Å². The standard InChI is InChI=1S/C22H29N5O3S/c1-18-4-10-21(11-5-18)31(29,30)27-14-12-26(13-15-27)17-22(28)24-23-16-19-6-8-20(9-7-19)25(2)3/h4-11,16H,12-15,17H2,1-3H3,(H,24,28)/p+1. The number of carbonyl (C=O) groups excluding carboxylic acids is 1. The highest BCUT2D eigenvalue weighted by Gasteiger charge is 2.31. The minimum atomic E-state index is -3.49. The maximum Gasteiger partial charge on any atom is 0.295 e. The third kappa shape index (κ3) is 6.13. The minimum Gasteiger partial charge on any atom is -0.378 e. The van der Waals surface area contributed by atoms with E-state index >= 15 is 0 Å². The van der Waals surface area contributed by atoms with Gasteiger partial charge in [0, 0.05) is 19.8 Å². The largest absolute Gasteiger partial charge is 0.378 e. The van der Waals surface area contributed by atoms with Crippen molar-refractivity contribution in [1.82, 2.24) is 9.73 Å². The van der Waals surface area contributed by atoms with Crippen LogP contribution >= 0.6 is 0 Å². The highest BCUT2D eigenvalue weighted by atomic mass is 32.2. The first-order valence-corrected chi connectivity index (χ1v) is 11.7. The third-order valence-corrected chi connectivity index (χ3v) is 7.22. The molecular formula is C22H30N5O3S+. The van der Waals surface area contributed by atoms with Crippen LogP contribution in [0, 0.1) is 6.92 Å². The molecule has 1 saturated heterocycles. The number of nitrogens with one attached hydrogen (secondary N) is 2. The van der Waals surface area contributed by atoms with Gasteiger partial charge in [-0.15, -0.1) is 0 Å². The Morgan fingerprint density at radius 2 is 1.71 bits per heavy atom. The average Bonchev–Trinajstić information content (AvgIpc) is 2.75. The van der Waals surface area contributed by atoms with E-state index in [1.54, 1.807) is 30.5 Å². The normalized spacial score (nSPS) is 15.8. The van der Waals surface area contributed by atoms with Gasteiger partial charge in [0.15, 0.2) is 6.54 Å². The topological polar surface area (TPSA) is 86.5 Å². The molecule has 0 saturated carbocycles. The Kier molecular flexibility index (Phi) is 7.42. The van der Waals surface area contributed by atoms with Gasteiger partial charge < -0.3 is 9.80 Å². The first-order chi connectivity index (χ1) is 14.8. The first-order valence-electron chi connectivity index (χ1n) is 10.3. The first kappa shape index (κ1) is 22.9. The number of anilines is 1. The number of rotatable bonds is 7. The van der Waals surface area contributed by atoms with Crippen LogP contribution in [0.15, 0.2) is 58.5 Å². The van der Waals surface area contributed by atoms with Crippen LogP contribution in [0.25, 0.3) is 0 Å². The van der Waals surface area contributed by atoms with Crippen LogP contribution in [0.2, 0.25) is 0 Å². The molecule has 0 radical (unpaired) electrons. The smallest absolute Gasteiger partial charge is 0.295 e. The van der Waals surface area contributed by atoms with Crippen LogP contribution in [-0.2, 0) is 14.8 Å². The predicted octanol–water partition coefficient (Wildman–Crippen LogP) is 0.101. The van der Waals surface area contributed by atoms with E-state index < -0.39 is 10.0 Å². The molecule has 2 N–H and O–H groups in total. The van der Waals surface area contributed by atoms with E-state index in [1.807, 2.05) is 50.2 Å². The number of nitrogens with zero attached hydrogens (tertiary/aromatic N) is 3. The molecule has 0 atom stereocenters. The zero-order valence-corrected chi connectivity index (χ0v) is 19.0. The van der Waals surface area contributed by atoms with Crippen LogP contribution in [-0.4, -0.2) is 71.7 Å². The van der Waals surface area contributed by atoms with Crippen molar-refractivity contribution in [3.05, 3.63) is 59.7 Å². The van der Waals surface area contributed by atoms with Gasteiger partial charge in [0.1, 0.15) is 0 Å². The minimum absolute atomic E-state index is 0.189. The number of benzene rings is 2. The fourth-order valence-electron chi connectivity index (χ4n) is 3.38.